The fourth-order valence-electron chi connectivity index (χ4n) is 2.67. The van der Waals surface area contributed by atoms with E-state index in [4.69, 9.17) is 14.6 Å². The van der Waals surface area contributed by atoms with Gasteiger partial charge in [-0.2, -0.15) is 13.2 Å². The largest absolute Gasteiger partial charge is 0.490 e. The zero-order valence-electron chi connectivity index (χ0n) is 11.1. The maximum Gasteiger partial charge on any atom is 0.490 e. The zero-order valence-corrected chi connectivity index (χ0v) is 11.1. The number of alkyl halides is 3. The van der Waals surface area contributed by atoms with E-state index < -0.39 is 12.1 Å². The number of halogens is 3. The molecule has 2 N–H and O–H groups in total. The van der Waals surface area contributed by atoms with Crippen LogP contribution in [-0.4, -0.2) is 42.9 Å². The van der Waals surface area contributed by atoms with Crippen LogP contribution >= 0.6 is 0 Å². The van der Waals surface area contributed by atoms with Crippen molar-refractivity contribution in [2.75, 3.05) is 13.7 Å². The van der Waals surface area contributed by atoms with Crippen LogP contribution in [0.4, 0.5) is 13.2 Å². The Hall–Kier alpha value is -1.31. The number of esters is 1. The van der Waals surface area contributed by atoms with Gasteiger partial charge in [-0.15, -0.1) is 0 Å². The molecular weight excluding hydrogens is 279 g/mol. The monoisotopic (exact) mass is 297 g/mol. The van der Waals surface area contributed by atoms with Crippen LogP contribution in [0.15, 0.2) is 0 Å². The number of carbonyl (C=O) groups is 2. The number of carbonyl (C=O) groups excluding carboxylic acids is 1. The van der Waals surface area contributed by atoms with Crippen LogP contribution in [-0.2, 0) is 14.3 Å². The third-order valence-corrected chi connectivity index (χ3v) is 3.80. The predicted molar refractivity (Wildman–Crippen MR) is 63.0 cm³/mol. The SMILES string of the molecule is COC(=O)C1NCC12CCCCC2.O=C(O)C(F)(F)F. The van der Waals surface area contributed by atoms with Crippen molar-refractivity contribution in [3.63, 3.8) is 0 Å². The van der Waals surface area contributed by atoms with Gasteiger partial charge in [0.25, 0.3) is 0 Å². The Kier molecular flexibility index (Phi) is 5.38. The van der Waals surface area contributed by atoms with E-state index in [0.717, 1.165) is 6.54 Å². The minimum Gasteiger partial charge on any atom is -0.475 e. The molecule has 20 heavy (non-hydrogen) atoms. The number of carboxylic acid groups (broad SMARTS) is 1. The second kappa shape index (κ2) is 6.43. The van der Waals surface area contributed by atoms with Gasteiger partial charge in [-0.05, 0) is 12.8 Å². The van der Waals surface area contributed by atoms with Crippen molar-refractivity contribution >= 4 is 11.9 Å². The van der Waals surface area contributed by atoms with E-state index in [2.05, 4.69) is 5.32 Å². The second-order valence-corrected chi connectivity index (χ2v) is 5.06. The maximum absolute atomic E-state index is 11.4. The number of aliphatic carboxylic acids is 1. The van der Waals surface area contributed by atoms with E-state index in [1.807, 2.05) is 0 Å². The molecule has 1 spiro atoms. The van der Waals surface area contributed by atoms with Gasteiger partial charge in [-0.1, -0.05) is 19.3 Å². The molecule has 1 saturated carbocycles. The Morgan fingerprint density at radius 3 is 2.05 bits per heavy atom. The van der Waals surface area contributed by atoms with Crippen LogP contribution in [0.2, 0.25) is 0 Å². The molecule has 2 aliphatic rings. The number of hydrogen-bond acceptors (Lipinski definition) is 4. The fraction of sp³-hybridized carbons (Fsp3) is 0.833. The van der Waals surface area contributed by atoms with Crippen molar-refractivity contribution < 1.29 is 32.6 Å². The summed E-state index contributed by atoms with van der Waals surface area (Å²) in [6.45, 7) is 1.01. The first kappa shape index (κ1) is 16.7. The molecule has 1 heterocycles. The molecule has 0 radical (unpaired) electrons. The quantitative estimate of drug-likeness (QED) is 0.721. The summed E-state index contributed by atoms with van der Waals surface area (Å²) in [5.41, 5.74) is 0.255. The lowest BCUT2D eigenvalue weighted by Crippen LogP contribution is -2.66. The number of nitrogens with one attached hydrogen (secondary N) is 1. The van der Waals surface area contributed by atoms with Crippen LogP contribution in [0.5, 0.6) is 0 Å². The summed E-state index contributed by atoms with van der Waals surface area (Å²) in [7, 11) is 1.47. The highest BCUT2D eigenvalue weighted by Crippen LogP contribution is 2.44. The van der Waals surface area contributed by atoms with E-state index in [1.54, 1.807) is 0 Å². The molecule has 2 fully saturated rings. The highest BCUT2D eigenvalue weighted by atomic mass is 19.4. The van der Waals surface area contributed by atoms with E-state index in [-0.39, 0.29) is 17.4 Å². The number of rotatable bonds is 1. The van der Waals surface area contributed by atoms with E-state index in [1.165, 1.54) is 39.2 Å². The van der Waals surface area contributed by atoms with Gasteiger partial charge in [0.2, 0.25) is 0 Å². The molecule has 1 aliphatic carbocycles. The molecule has 0 bridgehead atoms. The van der Waals surface area contributed by atoms with Gasteiger partial charge in [0, 0.05) is 12.0 Å². The molecule has 5 nitrogen and oxygen atoms in total. The molecule has 0 aromatic carbocycles. The number of ether oxygens (including phenoxy) is 1. The first-order chi connectivity index (χ1) is 9.23. The first-order valence-electron chi connectivity index (χ1n) is 6.34. The molecule has 2 rings (SSSR count). The molecule has 0 aromatic heterocycles. The lowest BCUT2D eigenvalue weighted by atomic mass is 9.64. The Morgan fingerprint density at radius 1 is 1.25 bits per heavy atom. The van der Waals surface area contributed by atoms with E-state index >= 15 is 0 Å². The van der Waals surface area contributed by atoms with E-state index in [9.17, 15) is 18.0 Å². The molecule has 1 aliphatic heterocycles. The fourth-order valence-corrected chi connectivity index (χ4v) is 2.67. The highest BCUT2D eigenvalue weighted by Gasteiger charge is 2.51. The van der Waals surface area contributed by atoms with Gasteiger partial charge >= 0.3 is 18.1 Å². The standard InChI is InChI=1S/C10H17NO2.C2HF3O2/c1-13-9(12)8-10(7-11-8)5-3-2-4-6-10;3-2(4,5)1(6)7/h8,11H,2-7H2,1H3;(H,6,7). The van der Waals surface area contributed by atoms with Crippen molar-refractivity contribution in [2.24, 2.45) is 5.41 Å². The van der Waals surface area contributed by atoms with Gasteiger partial charge in [0.1, 0.15) is 6.04 Å². The Morgan fingerprint density at radius 2 is 1.75 bits per heavy atom. The molecule has 1 saturated heterocycles. The van der Waals surface area contributed by atoms with Crippen LogP contribution in [0.25, 0.3) is 0 Å². The number of hydrogen-bond donors (Lipinski definition) is 2. The lowest BCUT2D eigenvalue weighted by Gasteiger charge is -2.51. The van der Waals surface area contributed by atoms with Crippen molar-refractivity contribution in [2.45, 2.75) is 44.3 Å². The van der Waals surface area contributed by atoms with Crippen molar-refractivity contribution in [1.82, 2.24) is 5.32 Å². The average Bonchev–Trinajstić information content (AvgIpc) is 2.38. The average molecular weight is 297 g/mol. The summed E-state index contributed by atoms with van der Waals surface area (Å²) in [4.78, 5) is 20.3. The molecule has 116 valence electrons. The molecule has 8 heteroatoms. The number of methoxy groups -OCH3 is 1. The van der Waals surface area contributed by atoms with Gasteiger partial charge in [-0.25, -0.2) is 4.79 Å². The predicted octanol–water partition coefficient (Wildman–Crippen LogP) is 1.71. The molecule has 0 aromatic rings. The van der Waals surface area contributed by atoms with Crippen LogP contribution < -0.4 is 5.32 Å². The van der Waals surface area contributed by atoms with Gasteiger partial charge in [0.05, 0.1) is 7.11 Å². The summed E-state index contributed by atoms with van der Waals surface area (Å²) < 4.78 is 36.5. The molecule has 1 unspecified atom stereocenters. The topological polar surface area (TPSA) is 75.6 Å². The Balaban J connectivity index is 0.000000246. The normalized spacial score (nSPS) is 24.1. The summed E-state index contributed by atoms with van der Waals surface area (Å²) >= 11 is 0. The highest BCUT2D eigenvalue weighted by molar-refractivity contribution is 5.78. The molecule has 1 atom stereocenters. The van der Waals surface area contributed by atoms with Crippen molar-refractivity contribution in [1.29, 1.82) is 0 Å². The molecular formula is C12H18F3NO4. The van der Waals surface area contributed by atoms with Crippen LogP contribution in [0, 0.1) is 5.41 Å². The van der Waals surface area contributed by atoms with Crippen LogP contribution in [0.3, 0.4) is 0 Å². The molecule has 0 amide bonds. The summed E-state index contributed by atoms with van der Waals surface area (Å²) in [6, 6.07) is -0.0159. The minimum atomic E-state index is -5.08. The second-order valence-electron chi connectivity index (χ2n) is 5.06. The van der Waals surface area contributed by atoms with E-state index in [0.29, 0.717) is 0 Å². The van der Waals surface area contributed by atoms with Gasteiger partial charge < -0.3 is 15.2 Å². The Bertz CT molecular complexity index is 364. The summed E-state index contributed by atoms with van der Waals surface area (Å²) in [5, 5.41) is 10.3. The third-order valence-electron chi connectivity index (χ3n) is 3.80. The minimum absolute atomic E-state index is 0.0159. The van der Waals surface area contributed by atoms with Gasteiger partial charge in [-0.3, -0.25) is 4.79 Å². The lowest BCUT2D eigenvalue weighted by molar-refractivity contribution is -0.192. The van der Waals surface area contributed by atoms with Crippen LogP contribution in [0.1, 0.15) is 32.1 Å². The smallest absolute Gasteiger partial charge is 0.475 e. The maximum atomic E-state index is 11.4. The summed E-state index contributed by atoms with van der Waals surface area (Å²) in [6.07, 6.45) is 1.18. The Labute approximate surface area is 114 Å². The van der Waals surface area contributed by atoms with Crippen molar-refractivity contribution in [3.8, 4) is 0 Å². The third kappa shape index (κ3) is 3.84. The van der Waals surface area contributed by atoms with Gasteiger partial charge in [0.15, 0.2) is 0 Å². The summed E-state index contributed by atoms with van der Waals surface area (Å²) in [5.74, 6) is -2.83. The first-order valence-corrected chi connectivity index (χ1v) is 6.34. The van der Waals surface area contributed by atoms with Crippen molar-refractivity contribution in [3.05, 3.63) is 0 Å². The zero-order chi connectivity index (χ0) is 15.4. The number of carboxylic acids is 1.